The van der Waals surface area contributed by atoms with Gasteiger partial charge >= 0.3 is 0 Å². The molecule has 2 fully saturated rings. The van der Waals surface area contributed by atoms with Gasteiger partial charge in [-0.1, -0.05) is 42.5 Å². The lowest BCUT2D eigenvalue weighted by atomic mass is 9.69. The van der Waals surface area contributed by atoms with Crippen molar-refractivity contribution in [2.75, 3.05) is 0 Å². The molecule has 3 atom stereocenters. The highest BCUT2D eigenvalue weighted by atomic mass is 16.3. The topological polar surface area (TPSA) is 73.4 Å². The maximum Gasteiger partial charge on any atom is 0.262 e. The number of hydrogen-bond donors (Lipinski definition) is 2. The number of aromatic amines is 1. The average molecular weight is 398 g/mol. The third kappa shape index (κ3) is 1.97. The Labute approximate surface area is 174 Å². The van der Waals surface area contributed by atoms with Gasteiger partial charge in [-0.25, -0.2) is 0 Å². The SMILES string of the molecule is CC1(C)[C@H]2Cc3cccc4[nH]cc(c34)[C@@H]2[C@H]2C(=O)/C(=C(/O)c3ccccc3)C(=O)N21. The Morgan fingerprint density at radius 3 is 2.63 bits per heavy atom. The normalized spacial score (nSPS) is 28.1. The number of fused-ring (bicyclic) bond motifs is 4. The minimum atomic E-state index is -0.578. The molecule has 5 nitrogen and oxygen atoms in total. The quantitative estimate of drug-likeness (QED) is 0.370. The number of nitrogens with zero attached hydrogens (tertiary/aromatic N) is 1. The van der Waals surface area contributed by atoms with Gasteiger partial charge in [0.05, 0.1) is 0 Å². The molecule has 6 rings (SSSR count). The van der Waals surface area contributed by atoms with E-state index in [-0.39, 0.29) is 34.9 Å². The van der Waals surface area contributed by atoms with Crippen molar-refractivity contribution in [3.05, 3.63) is 77.0 Å². The molecule has 2 N–H and O–H groups in total. The van der Waals surface area contributed by atoms with Crippen molar-refractivity contribution >= 4 is 28.4 Å². The molecular weight excluding hydrogens is 376 g/mol. The largest absolute Gasteiger partial charge is 0.506 e. The van der Waals surface area contributed by atoms with Crippen LogP contribution in [0.2, 0.25) is 0 Å². The number of aliphatic hydroxyl groups is 1. The van der Waals surface area contributed by atoms with Gasteiger partial charge in [-0.15, -0.1) is 0 Å². The monoisotopic (exact) mass is 398 g/mol. The van der Waals surface area contributed by atoms with Gasteiger partial charge in [0.2, 0.25) is 0 Å². The zero-order chi connectivity index (χ0) is 20.8. The number of aliphatic hydroxyl groups excluding tert-OH is 1. The lowest BCUT2D eigenvalue weighted by molar-refractivity contribution is -0.130. The molecule has 0 radical (unpaired) electrons. The van der Waals surface area contributed by atoms with E-state index < -0.39 is 11.6 Å². The van der Waals surface area contributed by atoms with Gasteiger partial charge in [0.15, 0.2) is 5.78 Å². The molecule has 2 saturated heterocycles. The highest BCUT2D eigenvalue weighted by Gasteiger charge is 2.64. The Morgan fingerprint density at radius 1 is 1.10 bits per heavy atom. The Morgan fingerprint density at radius 2 is 1.87 bits per heavy atom. The van der Waals surface area contributed by atoms with Gasteiger partial charge in [-0.3, -0.25) is 9.59 Å². The summed E-state index contributed by atoms with van der Waals surface area (Å²) in [6.45, 7) is 4.10. The average Bonchev–Trinajstić information content (AvgIpc) is 3.35. The van der Waals surface area contributed by atoms with E-state index in [1.54, 1.807) is 29.2 Å². The summed E-state index contributed by atoms with van der Waals surface area (Å²) < 4.78 is 0. The first kappa shape index (κ1) is 17.5. The second-order valence-corrected chi connectivity index (χ2v) is 9.15. The number of benzene rings is 2. The zero-order valence-electron chi connectivity index (χ0n) is 16.8. The van der Waals surface area contributed by atoms with E-state index in [1.165, 1.54) is 10.9 Å². The highest BCUT2D eigenvalue weighted by molar-refractivity contribution is 6.31. The molecule has 3 aromatic rings. The van der Waals surface area contributed by atoms with E-state index in [4.69, 9.17) is 0 Å². The number of H-pyrrole nitrogens is 1. The van der Waals surface area contributed by atoms with Crippen LogP contribution >= 0.6 is 0 Å². The van der Waals surface area contributed by atoms with E-state index >= 15 is 0 Å². The van der Waals surface area contributed by atoms with Gasteiger partial charge < -0.3 is 15.0 Å². The molecule has 1 aliphatic carbocycles. The summed E-state index contributed by atoms with van der Waals surface area (Å²) in [6.07, 6.45) is 2.83. The zero-order valence-corrected chi connectivity index (χ0v) is 16.8. The van der Waals surface area contributed by atoms with E-state index in [9.17, 15) is 14.7 Å². The first-order valence-electron chi connectivity index (χ1n) is 10.4. The molecule has 0 unspecified atom stereocenters. The number of ketones is 1. The molecule has 0 saturated carbocycles. The van der Waals surface area contributed by atoms with Gasteiger partial charge in [0.1, 0.15) is 17.4 Å². The second-order valence-electron chi connectivity index (χ2n) is 9.15. The second kappa shape index (κ2) is 5.63. The Hall–Kier alpha value is -3.34. The van der Waals surface area contributed by atoms with Gasteiger partial charge in [0.25, 0.3) is 5.91 Å². The standard InChI is InChI=1S/C25H22N2O3/c1-25(2)16-11-14-9-6-10-17-18(14)15(12-26-17)19(16)21-23(29)20(24(30)27(21)25)22(28)13-7-4-3-5-8-13/h3-10,12,16,19,21,26,28H,11H2,1-2H3/b22-20-/t16-,19-,21-/m0/s1. The van der Waals surface area contributed by atoms with Crippen LogP contribution in [0.4, 0.5) is 0 Å². The molecule has 1 amide bonds. The number of hydrogen-bond acceptors (Lipinski definition) is 3. The maximum absolute atomic E-state index is 13.6. The molecule has 3 heterocycles. The predicted octanol–water partition coefficient (Wildman–Crippen LogP) is 3.97. The third-order valence-electron chi connectivity index (χ3n) is 7.43. The molecule has 3 aliphatic rings. The molecule has 0 spiro atoms. The molecule has 5 heteroatoms. The first-order valence-corrected chi connectivity index (χ1v) is 10.4. The number of Topliss-reactive ketones (excluding diaryl/α,β-unsaturated/α-hetero) is 1. The molecule has 0 bridgehead atoms. The van der Waals surface area contributed by atoms with Crippen LogP contribution in [0.25, 0.3) is 16.7 Å². The lowest BCUT2D eigenvalue weighted by Crippen LogP contribution is -2.46. The fourth-order valence-electron chi connectivity index (χ4n) is 6.08. The van der Waals surface area contributed by atoms with Crippen LogP contribution in [0, 0.1) is 5.92 Å². The Kier molecular flexibility index (Phi) is 3.28. The summed E-state index contributed by atoms with van der Waals surface area (Å²) in [5.74, 6) is -0.786. The molecule has 30 heavy (non-hydrogen) atoms. The van der Waals surface area contributed by atoms with Crippen molar-refractivity contribution in [2.45, 2.75) is 37.8 Å². The van der Waals surface area contributed by atoms with Crippen LogP contribution in [0.5, 0.6) is 0 Å². The number of aromatic nitrogens is 1. The van der Waals surface area contributed by atoms with Gasteiger partial charge in [-0.2, -0.15) is 0 Å². The van der Waals surface area contributed by atoms with Crippen molar-refractivity contribution in [2.24, 2.45) is 5.92 Å². The van der Waals surface area contributed by atoms with Crippen molar-refractivity contribution < 1.29 is 14.7 Å². The predicted molar refractivity (Wildman–Crippen MR) is 114 cm³/mol. The minimum absolute atomic E-state index is 0.0802. The summed E-state index contributed by atoms with van der Waals surface area (Å²) in [7, 11) is 0. The summed E-state index contributed by atoms with van der Waals surface area (Å²) in [6, 6.07) is 14.5. The van der Waals surface area contributed by atoms with Crippen LogP contribution in [0.15, 0.2) is 60.3 Å². The Balaban J connectivity index is 1.55. The van der Waals surface area contributed by atoms with E-state index in [0.717, 1.165) is 17.5 Å². The van der Waals surface area contributed by atoms with Gasteiger partial charge in [-0.05, 0) is 43.4 Å². The summed E-state index contributed by atoms with van der Waals surface area (Å²) in [5, 5.41) is 12.0. The minimum Gasteiger partial charge on any atom is -0.506 e. The number of carbonyl (C=O) groups is 2. The van der Waals surface area contributed by atoms with Crippen LogP contribution in [0.3, 0.4) is 0 Å². The smallest absolute Gasteiger partial charge is 0.262 e. The number of rotatable bonds is 1. The lowest BCUT2D eigenvalue weighted by Gasteiger charge is -2.37. The van der Waals surface area contributed by atoms with Crippen molar-refractivity contribution in [3.8, 4) is 0 Å². The first-order chi connectivity index (χ1) is 14.4. The molecule has 150 valence electrons. The van der Waals surface area contributed by atoms with Crippen molar-refractivity contribution in [1.82, 2.24) is 9.88 Å². The van der Waals surface area contributed by atoms with Crippen LogP contribution < -0.4 is 0 Å². The van der Waals surface area contributed by atoms with E-state index in [1.807, 2.05) is 12.3 Å². The van der Waals surface area contributed by atoms with E-state index in [2.05, 4.69) is 37.0 Å². The maximum atomic E-state index is 13.6. The molecule has 1 aromatic heterocycles. The molecule has 2 aliphatic heterocycles. The van der Waals surface area contributed by atoms with Crippen LogP contribution in [-0.4, -0.2) is 38.3 Å². The summed E-state index contributed by atoms with van der Waals surface area (Å²) in [4.78, 5) is 32.2. The van der Waals surface area contributed by atoms with Crippen molar-refractivity contribution in [1.29, 1.82) is 0 Å². The Bertz CT molecular complexity index is 1270. The van der Waals surface area contributed by atoms with Crippen molar-refractivity contribution in [3.63, 3.8) is 0 Å². The summed E-state index contributed by atoms with van der Waals surface area (Å²) in [5.41, 5.74) is 3.35. The fraction of sp³-hybridized carbons (Fsp3) is 0.280. The number of amides is 1. The molecular formula is C25H22N2O3. The fourth-order valence-corrected chi connectivity index (χ4v) is 6.08. The van der Waals surface area contributed by atoms with Crippen LogP contribution in [-0.2, 0) is 16.0 Å². The van der Waals surface area contributed by atoms with Gasteiger partial charge in [0, 0.05) is 34.1 Å². The highest BCUT2D eigenvalue weighted by Crippen LogP contribution is 2.57. The molecule has 2 aromatic carbocycles. The third-order valence-corrected chi connectivity index (χ3v) is 7.43. The summed E-state index contributed by atoms with van der Waals surface area (Å²) >= 11 is 0. The number of nitrogens with one attached hydrogen (secondary N) is 1. The number of carbonyl (C=O) groups excluding carboxylic acids is 2. The van der Waals surface area contributed by atoms with Crippen LogP contribution in [0.1, 0.15) is 36.5 Å². The van der Waals surface area contributed by atoms with E-state index in [0.29, 0.717) is 5.56 Å².